The van der Waals surface area contributed by atoms with Crippen molar-refractivity contribution in [2.45, 2.75) is 6.18 Å². The fourth-order valence-corrected chi connectivity index (χ4v) is 1.82. The van der Waals surface area contributed by atoms with E-state index in [1.165, 1.54) is 12.1 Å². The van der Waals surface area contributed by atoms with E-state index in [1.807, 2.05) is 6.07 Å². The van der Waals surface area contributed by atoms with Crippen LogP contribution in [0.25, 0.3) is 6.08 Å². The quantitative estimate of drug-likeness (QED) is 0.903. The molecular formula is C17H14F3NO. The third kappa shape index (κ3) is 4.48. The summed E-state index contributed by atoms with van der Waals surface area (Å²) in [6, 6.07) is 13.6. The predicted octanol–water partition coefficient (Wildman–Crippen LogP) is 4.15. The number of nitrogens with one attached hydrogen (secondary N) is 1. The molecule has 0 aliphatic heterocycles. The fourth-order valence-electron chi connectivity index (χ4n) is 1.82. The first-order valence-electron chi connectivity index (χ1n) is 6.64. The van der Waals surface area contributed by atoms with Crippen LogP contribution in [0.4, 0.5) is 13.2 Å². The van der Waals surface area contributed by atoms with Gasteiger partial charge in [0.15, 0.2) is 0 Å². The van der Waals surface area contributed by atoms with Gasteiger partial charge in [-0.2, -0.15) is 13.2 Å². The molecule has 0 aromatic heterocycles. The Balaban J connectivity index is 1.87. The van der Waals surface area contributed by atoms with E-state index in [1.54, 1.807) is 36.4 Å². The minimum absolute atomic E-state index is 0.197. The van der Waals surface area contributed by atoms with Crippen LogP contribution in [0, 0.1) is 0 Å². The molecule has 1 amide bonds. The van der Waals surface area contributed by atoms with Gasteiger partial charge < -0.3 is 5.32 Å². The van der Waals surface area contributed by atoms with E-state index in [4.69, 9.17) is 0 Å². The Bertz CT molecular complexity index is 646. The van der Waals surface area contributed by atoms with Crippen molar-refractivity contribution in [1.29, 1.82) is 0 Å². The summed E-state index contributed by atoms with van der Waals surface area (Å²) in [6.07, 6.45) is -0.985. The minimum atomic E-state index is -4.33. The van der Waals surface area contributed by atoms with Gasteiger partial charge in [0.05, 0.1) is 5.56 Å². The lowest BCUT2D eigenvalue weighted by Crippen LogP contribution is -2.23. The molecule has 2 aromatic carbocycles. The molecular weight excluding hydrogens is 291 g/mol. The number of hydrogen-bond donors (Lipinski definition) is 1. The van der Waals surface area contributed by atoms with Gasteiger partial charge in [0, 0.05) is 12.1 Å². The average Bonchev–Trinajstić information content (AvgIpc) is 2.52. The van der Waals surface area contributed by atoms with Gasteiger partial charge >= 0.3 is 6.18 Å². The lowest BCUT2D eigenvalue weighted by molar-refractivity contribution is -0.137. The summed E-state index contributed by atoms with van der Waals surface area (Å²) in [7, 11) is 0. The summed E-state index contributed by atoms with van der Waals surface area (Å²) in [6.45, 7) is 0.300. The molecule has 114 valence electrons. The van der Waals surface area contributed by atoms with Gasteiger partial charge in [-0.1, -0.05) is 42.5 Å². The minimum Gasteiger partial charge on any atom is -0.349 e. The van der Waals surface area contributed by atoms with Crippen molar-refractivity contribution in [2.24, 2.45) is 0 Å². The number of carbonyl (C=O) groups is 1. The van der Waals surface area contributed by atoms with Gasteiger partial charge in [-0.3, -0.25) is 4.79 Å². The first kappa shape index (κ1) is 15.8. The Morgan fingerprint density at radius 3 is 2.23 bits per heavy atom. The number of carbonyl (C=O) groups excluding carboxylic acids is 1. The normalized spacial score (nSPS) is 11.6. The van der Waals surface area contributed by atoms with Crippen molar-refractivity contribution in [3.63, 3.8) is 0 Å². The van der Waals surface area contributed by atoms with Crippen molar-refractivity contribution in [1.82, 2.24) is 5.32 Å². The highest BCUT2D eigenvalue weighted by molar-refractivity contribution is 5.94. The summed E-state index contributed by atoms with van der Waals surface area (Å²) in [5, 5.41) is 2.70. The third-order valence-electron chi connectivity index (χ3n) is 2.96. The zero-order valence-electron chi connectivity index (χ0n) is 11.6. The highest BCUT2D eigenvalue weighted by Crippen LogP contribution is 2.29. The van der Waals surface area contributed by atoms with Crippen molar-refractivity contribution >= 4 is 12.0 Å². The summed E-state index contributed by atoms with van der Waals surface area (Å²) >= 11 is 0. The molecule has 0 atom stereocenters. The van der Waals surface area contributed by atoms with Crippen molar-refractivity contribution in [3.8, 4) is 0 Å². The van der Waals surface area contributed by atoms with Gasteiger partial charge in [-0.25, -0.2) is 0 Å². The van der Waals surface area contributed by atoms with E-state index in [9.17, 15) is 18.0 Å². The number of hydrogen-bond acceptors (Lipinski definition) is 1. The maximum absolute atomic E-state index is 12.4. The van der Waals surface area contributed by atoms with Crippen molar-refractivity contribution in [3.05, 3.63) is 77.4 Å². The number of rotatable bonds is 4. The summed E-state index contributed by atoms with van der Waals surface area (Å²) in [5.74, 6) is -0.197. The molecule has 0 bridgehead atoms. The lowest BCUT2D eigenvalue weighted by Gasteiger charge is -2.06. The van der Waals surface area contributed by atoms with E-state index in [-0.39, 0.29) is 5.91 Å². The first-order chi connectivity index (χ1) is 10.5. The van der Waals surface area contributed by atoms with Crippen LogP contribution < -0.4 is 5.32 Å². The largest absolute Gasteiger partial charge is 0.416 e. The molecule has 0 spiro atoms. The molecule has 0 unspecified atom stereocenters. The van der Waals surface area contributed by atoms with E-state index in [0.717, 1.165) is 12.1 Å². The van der Waals surface area contributed by atoms with Gasteiger partial charge in [0.2, 0.25) is 0 Å². The Morgan fingerprint density at radius 2 is 1.64 bits per heavy atom. The van der Waals surface area contributed by atoms with Gasteiger partial charge in [-0.05, 0) is 29.8 Å². The highest BCUT2D eigenvalue weighted by atomic mass is 19.4. The molecule has 0 saturated carbocycles. The highest BCUT2D eigenvalue weighted by Gasteiger charge is 2.29. The van der Waals surface area contributed by atoms with Gasteiger partial charge in [0.25, 0.3) is 5.91 Å². The molecule has 0 aliphatic carbocycles. The van der Waals surface area contributed by atoms with Gasteiger partial charge in [-0.15, -0.1) is 0 Å². The zero-order valence-corrected chi connectivity index (χ0v) is 11.6. The topological polar surface area (TPSA) is 29.1 Å². The smallest absolute Gasteiger partial charge is 0.349 e. The maximum Gasteiger partial charge on any atom is 0.416 e. The molecule has 2 rings (SSSR count). The Hall–Kier alpha value is -2.56. The molecule has 0 radical (unpaired) electrons. The maximum atomic E-state index is 12.4. The van der Waals surface area contributed by atoms with Crippen LogP contribution in [0.3, 0.4) is 0 Å². The Labute approximate surface area is 126 Å². The average molecular weight is 305 g/mol. The number of alkyl halides is 3. The molecule has 5 heteroatoms. The first-order valence-corrected chi connectivity index (χ1v) is 6.64. The molecule has 2 aromatic rings. The molecule has 0 saturated heterocycles. The van der Waals surface area contributed by atoms with Gasteiger partial charge in [0.1, 0.15) is 0 Å². The molecule has 22 heavy (non-hydrogen) atoms. The molecule has 1 N–H and O–H groups in total. The van der Waals surface area contributed by atoms with E-state index in [2.05, 4.69) is 5.32 Å². The predicted molar refractivity (Wildman–Crippen MR) is 79.3 cm³/mol. The molecule has 0 aliphatic rings. The van der Waals surface area contributed by atoms with Crippen LogP contribution in [0.1, 0.15) is 21.5 Å². The second-order valence-electron chi connectivity index (χ2n) is 4.60. The summed E-state index contributed by atoms with van der Waals surface area (Å²) < 4.78 is 37.2. The van der Waals surface area contributed by atoms with Crippen LogP contribution in [0.2, 0.25) is 0 Å². The number of benzene rings is 2. The standard InChI is InChI=1S/C17H14F3NO/c18-17(19,20)15-10-8-13(9-11-15)5-4-12-21-16(22)14-6-2-1-3-7-14/h1-11H,12H2,(H,21,22)/b5-4+. The Kier molecular flexibility index (Phi) is 4.99. The van der Waals surface area contributed by atoms with E-state index >= 15 is 0 Å². The van der Waals surface area contributed by atoms with Crippen molar-refractivity contribution in [2.75, 3.05) is 6.54 Å². The third-order valence-corrected chi connectivity index (χ3v) is 2.96. The van der Waals surface area contributed by atoms with E-state index in [0.29, 0.717) is 17.7 Å². The molecule has 0 heterocycles. The second kappa shape index (κ2) is 6.93. The zero-order chi connectivity index (χ0) is 16.0. The van der Waals surface area contributed by atoms with Crippen LogP contribution >= 0.6 is 0 Å². The van der Waals surface area contributed by atoms with Crippen molar-refractivity contribution < 1.29 is 18.0 Å². The Morgan fingerprint density at radius 1 is 1.00 bits per heavy atom. The van der Waals surface area contributed by atoms with Crippen LogP contribution in [0.5, 0.6) is 0 Å². The second-order valence-corrected chi connectivity index (χ2v) is 4.60. The summed E-state index contributed by atoms with van der Waals surface area (Å²) in [4.78, 5) is 11.7. The van der Waals surface area contributed by atoms with Crippen LogP contribution in [0.15, 0.2) is 60.7 Å². The lowest BCUT2D eigenvalue weighted by atomic mass is 10.1. The van der Waals surface area contributed by atoms with Crippen LogP contribution in [-0.2, 0) is 6.18 Å². The number of amides is 1. The van der Waals surface area contributed by atoms with E-state index < -0.39 is 11.7 Å². The SMILES string of the molecule is O=C(NC/C=C/c1ccc(C(F)(F)F)cc1)c1ccccc1. The summed E-state index contributed by atoms with van der Waals surface area (Å²) in [5.41, 5.74) is 0.523. The van der Waals surface area contributed by atoms with Crippen LogP contribution in [-0.4, -0.2) is 12.5 Å². The monoisotopic (exact) mass is 305 g/mol. The fraction of sp³-hybridized carbons (Fsp3) is 0.118. The number of halogens is 3. The molecule has 2 nitrogen and oxygen atoms in total. The molecule has 0 fully saturated rings.